The first-order valence-electron chi connectivity index (χ1n) is 8.78. The van der Waals surface area contributed by atoms with Crippen molar-refractivity contribution in [3.63, 3.8) is 0 Å². The van der Waals surface area contributed by atoms with Crippen LogP contribution in [-0.2, 0) is 4.57 Å². The van der Waals surface area contributed by atoms with Gasteiger partial charge in [0.05, 0.1) is 10.1 Å². The minimum absolute atomic E-state index is 0.402. The summed E-state index contributed by atoms with van der Waals surface area (Å²) in [5, 5.41) is 3.96. The first kappa shape index (κ1) is 20.5. The van der Waals surface area contributed by atoms with Gasteiger partial charge in [0.2, 0.25) is 7.29 Å². The highest BCUT2D eigenvalue weighted by Gasteiger charge is 2.20. The van der Waals surface area contributed by atoms with Crippen LogP contribution in [0.5, 0.6) is 0 Å². The smallest absolute Gasteiger partial charge is 0.216 e. The highest BCUT2D eigenvalue weighted by Crippen LogP contribution is 2.53. The molecule has 0 amide bonds. The van der Waals surface area contributed by atoms with E-state index in [4.69, 9.17) is 23.2 Å². The van der Waals surface area contributed by atoms with Crippen LogP contribution in [0.15, 0.2) is 96.6 Å². The maximum Gasteiger partial charge on any atom is 0.216 e. The average Bonchev–Trinajstić information content (AvgIpc) is 2.71. The molecule has 3 rings (SSSR count). The summed E-state index contributed by atoms with van der Waals surface area (Å²) < 4.78 is 13.9. The van der Waals surface area contributed by atoms with Crippen LogP contribution in [-0.4, -0.2) is 0 Å². The van der Waals surface area contributed by atoms with E-state index in [0.29, 0.717) is 10.1 Å². The number of hydrogen-bond donors (Lipinski definition) is 1. The van der Waals surface area contributed by atoms with Crippen molar-refractivity contribution < 1.29 is 4.57 Å². The lowest BCUT2D eigenvalue weighted by atomic mass is 10.2. The molecule has 0 atom stereocenters. The Morgan fingerprint density at radius 1 is 0.750 bits per heavy atom. The van der Waals surface area contributed by atoms with Crippen molar-refractivity contribution in [2.45, 2.75) is 6.92 Å². The summed E-state index contributed by atoms with van der Waals surface area (Å²) in [5.41, 5.74) is 3.34. The molecule has 3 aromatic carbocycles. The Kier molecular flexibility index (Phi) is 6.80. The van der Waals surface area contributed by atoms with E-state index in [2.05, 4.69) is 5.09 Å². The molecule has 142 valence electrons. The topological polar surface area (TPSA) is 29.1 Å². The standard InChI is InChI=1S/C23H20Cl2NOP/c1-18-10-8-9-15-23(18)26-28(27,16-21(24)19-11-4-2-5-12-19)17-22(25)20-13-6-3-7-14-20/h2-17H,1H3,(H,26,27). The zero-order valence-corrected chi connectivity index (χ0v) is 17.8. The van der Waals surface area contributed by atoms with Gasteiger partial charge in [-0.2, -0.15) is 0 Å². The van der Waals surface area contributed by atoms with Gasteiger partial charge in [-0.05, 0) is 29.7 Å². The molecule has 3 aromatic rings. The summed E-state index contributed by atoms with van der Waals surface area (Å²) in [6.07, 6.45) is 0. The number of nitrogens with one attached hydrogen (secondary N) is 1. The molecule has 0 aliphatic heterocycles. The monoisotopic (exact) mass is 427 g/mol. The molecule has 0 unspecified atom stereocenters. The van der Waals surface area contributed by atoms with Gasteiger partial charge in [-0.25, -0.2) is 0 Å². The lowest BCUT2D eigenvalue weighted by molar-refractivity contribution is 0.589. The molecule has 0 heterocycles. The second-order valence-electron chi connectivity index (χ2n) is 6.32. The molecule has 0 aliphatic carbocycles. The van der Waals surface area contributed by atoms with Crippen molar-refractivity contribution >= 4 is 46.2 Å². The minimum atomic E-state index is -3.25. The quantitative estimate of drug-likeness (QED) is 0.401. The van der Waals surface area contributed by atoms with E-state index in [1.54, 1.807) is 11.6 Å². The van der Waals surface area contributed by atoms with Crippen LogP contribution < -0.4 is 5.09 Å². The van der Waals surface area contributed by atoms with Gasteiger partial charge in [-0.3, -0.25) is 4.57 Å². The molecule has 28 heavy (non-hydrogen) atoms. The molecule has 0 spiro atoms. The number of rotatable bonds is 6. The van der Waals surface area contributed by atoms with E-state index in [1.807, 2.05) is 91.9 Å². The summed E-state index contributed by atoms with van der Waals surface area (Å²) in [4.78, 5) is 0. The lowest BCUT2D eigenvalue weighted by Crippen LogP contribution is -1.96. The van der Waals surface area contributed by atoms with Crippen LogP contribution >= 0.6 is 30.5 Å². The molecule has 0 aromatic heterocycles. The summed E-state index contributed by atoms with van der Waals surface area (Å²) >= 11 is 13.0. The second kappa shape index (κ2) is 9.30. The van der Waals surface area contributed by atoms with Gasteiger partial charge in [0, 0.05) is 17.3 Å². The number of hydrogen-bond acceptors (Lipinski definition) is 1. The van der Waals surface area contributed by atoms with E-state index < -0.39 is 7.29 Å². The Morgan fingerprint density at radius 3 is 1.64 bits per heavy atom. The van der Waals surface area contributed by atoms with Gasteiger partial charge in [0.15, 0.2) is 0 Å². The fourth-order valence-corrected chi connectivity index (χ4v) is 5.59. The number of aryl methyl sites for hydroxylation is 1. The molecule has 0 fully saturated rings. The summed E-state index contributed by atoms with van der Waals surface area (Å²) in [6, 6.07) is 26.5. The van der Waals surface area contributed by atoms with E-state index in [1.165, 1.54) is 0 Å². The summed E-state index contributed by atoms with van der Waals surface area (Å²) in [6.45, 7) is 1.96. The van der Waals surface area contributed by atoms with Gasteiger partial charge < -0.3 is 5.09 Å². The van der Waals surface area contributed by atoms with Gasteiger partial charge in [-0.15, -0.1) is 0 Å². The van der Waals surface area contributed by atoms with Crippen LogP contribution in [0.4, 0.5) is 5.69 Å². The van der Waals surface area contributed by atoms with Crippen molar-refractivity contribution in [2.24, 2.45) is 0 Å². The largest absolute Gasteiger partial charge is 0.330 e. The Labute approximate surface area is 175 Å². The molecular weight excluding hydrogens is 408 g/mol. The second-order valence-corrected chi connectivity index (χ2v) is 9.30. The molecule has 1 N–H and O–H groups in total. The highest BCUT2D eigenvalue weighted by atomic mass is 35.5. The fraction of sp³-hybridized carbons (Fsp3) is 0.0435. The molecule has 2 nitrogen and oxygen atoms in total. The number of anilines is 1. The molecule has 0 saturated heterocycles. The SMILES string of the molecule is Cc1ccccc1NP(=O)(C=C(Cl)c1ccccc1)C=C(Cl)c1ccccc1. The zero-order chi connectivity index (χ0) is 20.0. The predicted molar refractivity (Wildman–Crippen MR) is 123 cm³/mol. The molecule has 0 aliphatic rings. The number of benzene rings is 3. The van der Waals surface area contributed by atoms with Gasteiger partial charge in [0.1, 0.15) is 0 Å². The normalized spacial score (nSPS) is 14.4. The fourth-order valence-electron chi connectivity index (χ4n) is 2.67. The first-order valence-corrected chi connectivity index (χ1v) is 11.4. The van der Waals surface area contributed by atoms with E-state index in [9.17, 15) is 4.57 Å². The highest BCUT2D eigenvalue weighted by molar-refractivity contribution is 7.72. The van der Waals surface area contributed by atoms with E-state index in [-0.39, 0.29) is 0 Å². The maximum atomic E-state index is 13.9. The van der Waals surface area contributed by atoms with Gasteiger partial charge in [-0.1, -0.05) is 102 Å². The minimum Gasteiger partial charge on any atom is -0.330 e. The van der Waals surface area contributed by atoms with Crippen molar-refractivity contribution in [3.05, 3.63) is 113 Å². The van der Waals surface area contributed by atoms with Crippen LogP contribution in [0.3, 0.4) is 0 Å². The third kappa shape index (κ3) is 5.39. The Bertz CT molecular complexity index is 987. The Hall–Kier alpha value is -2.25. The average molecular weight is 428 g/mol. The van der Waals surface area contributed by atoms with Crippen molar-refractivity contribution in [1.82, 2.24) is 0 Å². The molecule has 5 heteroatoms. The van der Waals surface area contributed by atoms with Crippen LogP contribution in [0.1, 0.15) is 16.7 Å². The maximum absolute atomic E-state index is 13.9. The molecule has 0 saturated carbocycles. The van der Waals surface area contributed by atoms with Crippen molar-refractivity contribution in [2.75, 3.05) is 5.09 Å². The summed E-state index contributed by atoms with van der Waals surface area (Å²) in [5.74, 6) is 3.11. The van der Waals surface area contributed by atoms with Crippen LogP contribution in [0, 0.1) is 6.92 Å². The predicted octanol–water partition coefficient (Wildman–Crippen LogP) is 8.16. The molecule has 0 bridgehead atoms. The molecular formula is C23H20Cl2NOP. The third-order valence-electron chi connectivity index (χ3n) is 4.15. The first-order chi connectivity index (χ1) is 13.5. The third-order valence-corrected chi connectivity index (χ3v) is 6.98. The van der Waals surface area contributed by atoms with Crippen molar-refractivity contribution in [1.29, 1.82) is 0 Å². The number of para-hydroxylation sites is 1. The lowest BCUT2D eigenvalue weighted by Gasteiger charge is -2.17. The Morgan fingerprint density at radius 2 is 1.18 bits per heavy atom. The number of halogens is 2. The van der Waals surface area contributed by atoms with E-state index in [0.717, 1.165) is 22.4 Å². The van der Waals surface area contributed by atoms with Crippen LogP contribution in [0.2, 0.25) is 0 Å². The van der Waals surface area contributed by atoms with E-state index >= 15 is 0 Å². The van der Waals surface area contributed by atoms with Gasteiger partial charge >= 0.3 is 0 Å². The van der Waals surface area contributed by atoms with Gasteiger partial charge in [0.25, 0.3) is 0 Å². The Balaban J connectivity index is 2.05. The van der Waals surface area contributed by atoms with Crippen molar-refractivity contribution in [3.8, 4) is 0 Å². The summed E-state index contributed by atoms with van der Waals surface area (Å²) in [7, 11) is -3.25. The van der Waals surface area contributed by atoms with Crippen LogP contribution in [0.25, 0.3) is 10.1 Å². The molecule has 0 radical (unpaired) electrons. The zero-order valence-electron chi connectivity index (χ0n) is 15.3.